The number of sulfone groups is 1. The molecule has 2 aliphatic heterocycles. The predicted octanol–water partition coefficient (Wildman–Crippen LogP) is 0.0343. The van der Waals surface area contributed by atoms with Crippen molar-refractivity contribution in [2.45, 2.75) is 31.2 Å². The normalized spacial score (nSPS) is 26.0. The summed E-state index contributed by atoms with van der Waals surface area (Å²) in [5.74, 6) is 0.565. The fraction of sp³-hybridized carbons (Fsp3) is 0.688. The van der Waals surface area contributed by atoms with E-state index in [1.54, 1.807) is 14.5 Å². The van der Waals surface area contributed by atoms with Crippen LogP contribution in [0, 0.1) is 0 Å². The van der Waals surface area contributed by atoms with Crippen LogP contribution in [0.15, 0.2) is 6.07 Å². The van der Waals surface area contributed by atoms with Gasteiger partial charge >= 0.3 is 0 Å². The van der Waals surface area contributed by atoms with Gasteiger partial charge in [0.2, 0.25) is 6.41 Å². The zero-order chi connectivity index (χ0) is 17.6. The molecular weight excluding hydrogens is 344 g/mol. The number of carbonyl (C=O) groups is 2. The summed E-state index contributed by atoms with van der Waals surface area (Å²) in [6, 6.07) is 1.69. The van der Waals surface area contributed by atoms with E-state index >= 15 is 0 Å². The molecule has 136 valence electrons. The van der Waals surface area contributed by atoms with Gasteiger partial charge in [-0.15, -0.1) is 0 Å². The molecule has 0 spiro atoms. The van der Waals surface area contributed by atoms with Crippen molar-refractivity contribution in [1.82, 2.24) is 19.6 Å². The van der Waals surface area contributed by atoms with Crippen molar-refractivity contribution in [2.24, 2.45) is 0 Å². The Balaban J connectivity index is 1.55. The average molecular weight is 366 g/mol. The third-order valence-corrected chi connectivity index (χ3v) is 7.03. The summed E-state index contributed by atoms with van der Waals surface area (Å²) in [4.78, 5) is 26.9. The van der Waals surface area contributed by atoms with Crippen molar-refractivity contribution in [3.05, 3.63) is 17.5 Å². The number of carbonyl (C=O) groups excluding carboxylic acids is 2. The number of amides is 2. The maximum Gasteiger partial charge on any atom is 0.274 e. The summed E-state index contributed by atoms with van der Waals surface area (Å²) in [5.41, 5.74) is 1.39. The average Bonchev–Trinajstić information content (AvgIpc) is 3.26. The Kier molecular flexibility index (Phi) is 4.05. The highest BCUT2D eigenvalue weighted by Crippen LogP contribution is 2.42. The first-order chi connectivity index (χ1) is 12.0. The first-order valence-electron chi connectivity index (χ1n) is 8.75. The van der Waals surface area contributed by atoms with Crippen molar-refractivity contribution in [1.29, 1.82) is 0 Å². The fourth-order valence-corrected chi connectivity index (χ4v) is 5.34. The molecule has 1 atom stereocenters. The van der Waals surface area contributed by atoms with Crippen LogP contribution in [0.2, 0.25) is 0 Å². The Morgan fingerprint density at radius 1 is 1.16 bits per heavy atom. The van der Waals surface area contributed by atoms with E-state index in [2.05, 4.69) is 5.10 Å². The van der Waals surface area contributed by atoms with Crippen LogP contribution in [0.25, 0.3) is 0 Å². The van der Waals surface area contributed by atoms with E-state index in [9.17, 15) is 18.0 Å². The van der Waals surface area contributed by atoms with Gasteiger partial charge in [0.15, 0.2) is 15.5 Å². The monoisotopic (exact) mass is 366 g/mol. The molecule has 0 radical (unpaired) electrons. The molecule has 0 bridgehead atoms. The van der Waals surface area contributed by atoms with Gasteiger partial charge in [0.25, 0.3) is 5.91 Å². The highest BCUT2D eigenvalue weighted by atomic mass is 32.2. The zero-order valence-electron chi connectivity index (χ0n) is 14.0. The highest BCUT2D eigenvalue weighted by molar-refractivity contribution is 7.91. The van der Waals surface area contributed by atoms with Crippen molar-refractivity contribution in [2.75, 3.05) is 37.7 Å². The topological polar surface area (TPSA) is 92.6 Å². The second-order valence-corrected chi connectivity index (χ2v) is 9.39. The summed E-state index contributed by atoms with van der Waals surface area (Å²) in [5, 5.41) is 4.51. The number of piperazine rings is 1. The Bertz CT molecular complexity index is 791. The number of nitrogens with zero attached hydrogens (tertiary/aromatic N) is 4. The molecule has 0 N–H and O–H groups in total. The highest BCUT2D eigenvalue weighted by Gasteiger charge is 2.36. The van der Waals surface area contributed by atoms with Gasteiger partial charge in [0.1, 0.15) is 0 Å². The molecule has 3 aliphatic rings. The van der Waals surface area contributed by atoms with E-state index in [0.29, 0.717) is 44.2 Å². The van der Waals surface area contributed by atoms with Crippen LogP contribution in [-0.4, -0.2) is 78.0 Å². The van der Waals surface area contributed by atoms with Crippen molar-refractivity contribution in [3.8, 4) is 0 Å². The fourth-order valence-electron chi connectivity index (χ4n) is 3.65. The maximum absolute atomic E-state index is 12.8. The molecule has 1 aromatic heterocycles. The summed E-state index contributed by atoms with van der Waals surface area (Å²) < 4.78 is 25.4. The van der Waals surface area contributed by atoms with Crippen LogP contribution in [0.1, 0.15) is 47.4 Å². The number of rotatable bonds is 4. The molecule has 25 heavy (non-hydrogen) atoms. The van der Waals surface area contributed by atoms with Gasteiger partial charge < -0.3 is 9.80 Å². The molecule has 2 saturated heterocycles. The lowest BCUT2D eigenvalue weighted by molar-refractivity contribution is -0.119. The van der Waals surface area contributed by atoms with Crippen LogP contribution in [0.5, 0.6) is 0 Å². The summed E-state index contributed by atoms with van der Waals surface area (Å²) in [6.45, 7) is 2.07. The van der Waals surface area contributed by atoms with Crippen molar-refractivity contribution >= 4 is 22.2 Å². The molecule has 1 saturated carbocycles. The van der Waals surface area contributed by atoms with E-state index < -0.39 is 9.84 Å². The molecule has 1 aromatic rings. The van der Waals surface area contributed by atoms with Gasteiger partial charge in [0.05, 0.1) is 17.5 Å². The molecule has 1 aliphatic carbocycles. The van der Waals surface area contributed by atoms with Crippen LogP contribution in [0.3, 0.4) is 0 Å². The Labute approximate surface area is 146 Å². The van der Waals surface area contributed by atoms with E-state index in [1.807, 2.05) is 6.07 Å². The molecule has 2 amide bonds. The van der Waals surface area contributed by atoms with Crippen LogP contribution in [-0.2, 0) is 14.6 Å². The van der Waals surface area contributed by atoms with Gasteiger partial charge in [-0.1, -0.05) is 0 Å². The predicted molar refractivity (Wildman–Crippen MR) is 90.1 cm³/mol. The summed E-state index contributed by atoms with van der Waals surface area (Å²) in [7, 11) is -3.00. The van der Waals surface area contributed by atoms with Gasteiger partial charge in [-0.05, 0) is 25.3 Å². The van der Waals surface area contributed by atoms with E-state index in [4.69, 9.17) is 0 Å². The second kappa shape index (κ2) is 6.12. The molecule has 4 rings (SSSR count). The SMILES string of the molecule is O=CN1CCN(C(=O)c2cc(C3CC3)n(C3CCS(=O)(=O)C3)n2)CC1. The second-order valence-electron chi connectivity index (χ2n) is 7.16. The van der Waals surface area contributed by atoms with Gasteiger partial charge in [0, 0.05) is 37.8 Å². The van der Waals surface area contributed by atoms with Gasteiger partial charge in [-0.3, -0.25) is 14.3 Å². The minimum absolute atomic E-state index is 0.111. The van der Waals surface area contributed by atoms with Crippen LogP contribution >= 0.6 is 0 Å². The number of hydrogen-bond donors (Lipinski definition) is 0. The van der Waals surface area contributed by atoms with E-state index in [0.717, 1.165) is 24.9 Å². The lowest BCUT2D eigenvalue weighted by atomic mass is 10.2. The molecule has 9 heteroatoms. The van der Waals surface area contributed by atoms with Gasteiger partial charge in [-0.25, -0.2) is 8.42 Å². The quantitative estimate of drug-likeness (QED) is 0.701. The Morgan fingerprint density at radius 2 is 1.88 bits per heavy atom. The van der Waals surface area contributed by atoms with Crippen LogP contribution < -0.4 is 0 Å². The van der Waals surface area contributed by atoms with E-state index in [1.165, 1.54) is 0 Å². The lowest BCUT2D eigenvalue weighted by Crippen LogP contribution is -2.48. The smallest absolute Gasteiger partial charge is 0.274 e. The minimum Gasteiger partial charge on any atom is -0.342 e. The Morgan fingerprint density at radius 3 is 2.44 bits per heavy atom. The van der Waals surface area contributed by atoms with E-state index in [-0.39, 0.29) is 23.5 Å². The number of hydrogen-bond acceptors (Lipinski definition) is 5. The molecule has 3 fully saturated rings. The maximum atomic E-state index is 12.8. The molecular formula is C16H22N4O4S. The first-order valence-corrected chi connectivity index (χ1v) is 10.6. The Hall–Kier alpha value is -1.90. The zero-order valence-corrected chi connectivity index (χ0v) is 14.8. The number of aromatic nitrogens is 2. The molecule has 3 heterocycles. The van der Waals surface area contributed by atoms with Crippen LogP contribution in [0.4, 0.5) is 0 Å². The van der Waals surface area contributed by atoms with Gasteiger partial charge in [-0.2, -0.15) is 5.10 Å². The van der Waals surface area contributed by atoms with Crippen molar-refractivity contribution in [3.63, 3.8) is 0 Å². The first kappa shape index (κ1) is 16.6. The largest absolute Gasteiger partial charge is 0.342 e. The summed E-state index contributed by atoms with van der Waals surface area (Å²) >= 11 is 0. The third kappa shape index (κ3) is 3.29. The lowest BCUT2D eigenvalue weighted by Gasteiger charge is -2.32. The third-order valence-electron chi connectivity index (χ3n) is 5.28. The molecule has 1 unspecified atom stereocenters. The molecule has 0 aromatic carbocycles. The summed E-state index contributed by atoms with van der Waals surface area (Å²) in [6.07, 6.45) is 3.51. The standard InChI is InChI=1S/C16H22N4O4S/c21-11-18-4-6-19(7-5-18)16(22)14-9-15(12-1-2-12)20(17-14)13-3-8-25(23,24)10-13/h9,11-13H,1-8,10H2. The van der Waals surface area contributed by atoms with Crippen molar-refractivity contribution < 1.29 is 18.0 Å². The minimum atomic E-state index is -3.00. The molecule has 8 nitrogen and oxygen atoms in total.